The van der Waals surface area contributed by atoms with Gasteiger partial charge in [-0.1, -0.05) is 6.07 Å². The fourth-order valence-corrected chi connectivity index (χ4v) is 4.28. The number of hydrogen-bond acceptors (Lipinski definition) is 4. The van der Waals surface area contributed by atoms with Crippen molar-refractivity contribution in [2.45, 2.75) is 25.8 Å². The number of nitrogens with one attached hydrogen (secondary N) is 1. The summed E-state index contributed by atoms with van der Waals surface area (Å²) in [5.41, 5.74) is 0. The fourth-order valence-electron chi connectivity index (χ4n) is 3.64. The minimum Gasteiger partial charge on any atom is -0.351 e. The zero-order valence-corrected chi connectivity index (χ0v) is 16.8. The molecule has 144 valence electrons. The van der Waals surface area contributed by atoms with E-state index in [1.807, 2.05) is 0 Å². The van der Waals surface area contributed by atoms with Crippen LogP contribution in [0.4, 0.5) is 0 Å². The highest BCUT2D eigenvalue weighted by atomic mass is 32.1. The molecule has 2 aliphatic heterocycles. The van der Waals surface area contributed by atoms with Crippen molar-refractivity contribution in [3.8, 4) is 0 Å². The lowest BCUT2D eigenvalue weighted by Gasteiger charge is -2.23. The van der Waals surface area contributed by atoms with Crippen molar-refractivity contribution in [2.75, 3.05) is 53.4 Å². The van der Waals surface area contributed by atoms with Crippen LogP contribution in [0.5, 0.6) is 0 Å². The molecule has 0 bridgehead atoms. The molecule has 0 saturated carbocycles. The van der Waals surface area contributed by atoms with Gasteiger partial charge in [-0.3, -0.25) is 4.79 Å². The Kier molecular flexibility index (Phi) is 6.91. The normalized spacial score (nSPS) is 21.4. The predicted octanol–water partition coefficient (Wildman–Crippen LogP) is 1.70. The number of likely N-dealkylation sites (N-methyl/N-ethyl adjacent to an activating group) is 1. The van der Waals surface area contributed by atoms with Crippen LogP contribution in [0.1, 0.15) is 24.1 Å². The maximum Gasteiger partial charge on any atom is 0.243 e. The Hall–Kier alpha value is -1.60. The molecule has 1 atom stereocenters. The Balaban J connectivity index is 1.58. The van der Waals surface area contributed by atoms with E-state index in [1.54, 1.807) is 30.3 Å². The van der Waals surface area contributed by atoms with E-state index in [1.165, 1.54) is 43.8 Å². The molecule has 6 nitrogen and oxygen atoms in total. The summed E-state index contributed by atoms with van der Waals surface area (Å²) in [7, 11) is 3.55. The van der Waals surface area contributed by atoms with Crippen molar-refractivity contribution in [3.63, 3.8) is 0 Å². The first-order valence-corrected chi connectivity index (χ1v) is 10.5. The van der Waals surface area contributed by atoms with Gasteiger partial charge in [0.25, 0.3) is 0 Å². The average Bonchev–Trinajstić information content (AvgIpc) is 3.37. The third kappa shape index (κ3) is 5.45. The van der Waals surface area contributed by atoms with Gasteiger partial charge < -0.3 is 20.0 Å². The zero-order chi connectivity index (χ0) is 18.4. The van der Waals surface area contributed by atoms with Gasteiger partial charge >= 0.3 is 0 Å². The maximum atomic E-state index is 12.0. The number of hydrogen-bond donors (Lipinski definition) is 1. The summed E-state index contributed by atoms with van der Waals surface area (Å²) in [6, 6.07) is 4.19. The topological polar surface area (TPSA) is 51.2 Å². The van der Waals surface area contributed by atoms with Crippen molar-refractivity contribution < 1.29 is 4.79 Å². The van der Waals surface area contributed by atoms with Crippen molar-refractivity contribution >= 4 is 23.2 Å². The Morgan fingerprint density at radius 2 is 2.15 bits per heavy atom. The summed E-state index contributed by atoms with van der Waals surface area (Å²) in [6.45, 7) is 6.73. The molecule has 3 heterocycles. The van der Waals surface area contributed by atoms with Crippen molar-refractivity contribution in [2.24, 2.45) is 10.9 Å². The molecular formula is C19H31N5OS. The van der Waals surface area contributed by atoms with Crippen molar-refractivity contribution in [3.05, 3.63) is 22.4 Å². The van der Waals surface area contributed by atoms with Crippen LogP contribution < -0.4 is 5.32 Å². The van der Waals surface area contributed by atoms with E-state index in [0.29, 0.717) is 5.92 Å². The molecule has 0 aliphatic carbocycles. The van der Waals surface area contributed by atoms with Crippen LogP contribution in [0.15, 0.2) is 22.5 Å². The van der Waals surface area contributed by atoms with Crippen LogP contribution in [0.3, 0.4) is 0 Å². The number of rotatable bonds is 6. The van der Waals surface area contributed by atoms with Gasteiger partial charge in [-0.05, 0) is 49.7 Å². The summed E-state index contributed by atoms with van der Waals surface area (Å²) < 4.78 is 0. The Bertz CT molecular complexity index is 595. The molecule has 2 aliphatic rings. The van der Waals surface area contributed by atoms with E-state index in [2.05, 4.69) is 37.6 Å². The van der Waals surface area contributed by atoms with Crippen LogP contribution in [0.25, 0.3) is 0 Å². The summed E-state index contributed by atoms with van der Waals surface area (Å²) in [6.07, 6.45) is 3.90. The second-order valence-electron chi connectivity index (χ2n) is 7.47. The summed E-state index contributed by atoms with van der Waals surface area (Å²) in [5.74, 6) is 1.61. The van der Waals surface area contributed by atoms with Gasteiger partial charge in [0.05, 0.1) is 6.54 Å². The number of amides is 1. The molecule has 0 radical (unpaired) electrons. The summed E-state index contributed by atoms with van der Waals surface area (Å²) in [5, 5.41) is 5.56. The van der Waals surface area contributed by atoms with E-state index in [0.717, 1.165) is 25.6 Å². The molecule has 3 rings (SSSR count). The van der Waals surface area contributed by atoms with Crippen LogP contribution in [-0.2, 0) is 11.3 Å². The Morgan fingerprint density at radius 3 is 2.85 bits per heavy atom. The number of likely N-dealkylation sites (tertiary alicyclic amines) is 2. The molecule has 0 aromatic carbocycles. The molecule has 1 aromatic heterocycles. The minimum atomic E-state index is 0.0354. The minimum absolute atomic E-state index is 0.0354. The molecule has 7 heteroatoms. The largest absolute Gasteiger partial charge is 0.351 e. The quantitative estimate of drug-likeness (QED) is 0.606. The second-order valence-corrected chi connectivity index (χ2v) is 8.50. The molecular weight excluding hydrogens is 346 g/mol. The highest BCUT2D eigenvalue weighted by Crippen LogP contribution is 2.20. The van der Waals surface area contributed by atoms with Crippen LogP contribution in [-0.4, -0.2) is 79.9 Å². The molecule has 1 N–H and O–H groups in total. The van der Waals surface area contributed by atoms with Gasteiger partial charge in [0, 0.05) is 38.6 Å². The lowest BCUT2D eigenvalue weighted by molar-refractivity contribution is -0.127. The third-order valence-corrected chi connectivity index (χ3v) is 6.04. The van der Waals surface area contributed by atoms with Crippen molar-refractivity contribution in [1.82, 2.24) is 20.0 Å². The zero-order valence-electron chi connectivity index (χ0n) is 16.0. The van der Waals surface area contributed by atoms with Gasteiger partial charge in [0.15, 0.2) is 5.96 Å². The Morgan fingerprint density at radius 1 is 1.35 bits per heavy atom. The van der Waals surface area contributed by atoms with Crippen LogP contribution in [0.2, 0.25) is 0 Å². The highest BCUT2D eigenvalue weighted by Gasteiger charge is 2.27. The smallest absolute Gasteiger partial charge is 0.243 e. The number of carbonyl (C=O) groups is 1. The van der Waals surface area contributed by atoms with Crippen molar-refractivity contribution in [1.29, 1.82) is 0 Å². The van der Waals surface area contributed by atoms with Gasteiger partial charge in [0.2, 0.25) is 5.91 Å². The Labute approximate surface area is 160 Å². The SMILES string of the molecule is CN(C)C(=O)CN=C(NCc1cccs1)N1CCC(CN2CCCC2)C1. The number of nitrogens with zero attached hydrogens (tertiary/aromatic N) is 4. The highest BCUT2D eigenvalue weighted by molar-refractivity contribution is 7.09. The number of carbonyl (C=O) groups excluding carboxylic acids is 1. The average molecular weight is 378 g/mol. The third-order valence-electron chi connectivity index (χ3n) is 5.16. The first kappa shape index (κ1) is 19.2. The van der Waals surface area contributed by atoms with E-state index < -0.39 is 0 Å². The van der Waals surface area contributed by atoms with Crippen LogP contribution in [0, 0.1) is 5.92 Å². The number of guanidine groups is 1. The fraction of sp³-hybridized carbons (Fsp3) is 0.684. The first-order valence-electron chi connectivity index (χ1n) is 9.60. The van der Waals surface area contributed by atoms with E-state index >= 15 is 0 Å². The molecule has 1 unspecified atom stereocenters. The van der Waals surface area contributed by atoms with E-state index in [9.17, 15) is 4.79 Å². The van der Waals surface area contributed by atoms with Gasteiger partial charge in [0.1, 0.15) is 6.54 Å². The van der Waals surface area contributed by atoms with Gasteiger partial charge in [-0.15, -0.1) is 11.3 Å². The first-order chi connectivity index (χ1) is 12.6. The van der Waals surface area contributed by atoms with Gasteiger partial charge in [-0.25, -0.2) is 4.99 Å². The molecule has 0 spiro atoms. The van der Waals surface area contributed by atoms with E-state index in [-0.39, 0.29) is 12.5 Å². The summed E-state index contributed by atoms with van der Waals surface area (Å²) in [4.78, 5) is 24.4. The maximum absolute atomic E-state index is 12.0. The molecule has 26 heavy (non-hydrogen) atoms. The monoisotopic (exact) mass is 377 g/mol. The van der Waals surface area contributed by atoms with Gasteiger partial charge in [-0.2, -0.15) is 0 Å². The molecule has 2 fully saturated rings. The number of thiophene rings is 1. The summed E-state index contributed by atoms with van der Waals surface area (Å²) >= 11 is 1.74. The lowest BCUT2D eigenvalue weighted by Crippen LogP contribution is -2.41. The second kappa shape index (κ2) is 9.37. The lowest BCUT2D eigenvalue weighted by atomic mass is 10.1. The molecule has 2 saturated heterocycles. The van der Waals surface area contributed by atoms with E-state index in [4.69, 9.17) is 0 Å². The number of aliphatic imine (C=N–C) groups is 1. The van der Waals surface area contributed by atoms with Crippen LogP contribution >= 0.6 is 11.3 Å². The standard InChI is InChI=1S/C19H31N5OS/c1-22(2)18(25)13-21-19(20-12-17-6-5-11-26-17)24-10-7-16(15-24)14-23-8-3-4-9-23/h5-6,11,16H,3-4,7-10,12-15H2,1-2H3,(H,20,21). The predicted molar refractivity (Wildman–Crippen MR) is 108 cm³/mol. The molecule has 1 amide bonds. The molecule has 1 aromatic rings.